The van der Waals surface area contributed by atoms with Gasteiger partial charge in [-0.05, 0) is 31.5 Å². The highest BCUT2D eigenvalue weighted by Crippen LogP contribution is 2.32. The molecule has 1 aromatic carbocycles. The standard InChI is InChI=1S/C27H37N7OSi/c1-8-12-33(4)26-22(15-21-11-9-10-19(2)23(21)32-26)20(3)31-25-24-27(29-16-28-25)34(17-30-24)18-35-13-14-36(5,6)7/h8-11,15-17,20H,1,12-14,18H2,2-7H3,(H,28,29,31)/t20-/m0/s1. The number of pyridine rings is 1. The van der Waals surface area contributed by atoms with Gasteiger partial charge in [-0.15, -0.1) is 6.58 Å². The summed E-state index contributed by atoms with van der Waals surface area (Å²) in [6.45, 7) is 17.0. The number of nitrogens with zero attached hydrogens (tertiary/aromatic N) is 6. The fraction of sp³-hybridized carbons (Fsp3) is 0.407. The molecular weight excluding hydrogens is 466 g/mol. The van der Waals surface area contributed by atoms with E-state index in [1.807, 2.05) is 17.7 Å². The Morgan fingerprint density at radius 2 is 2.00 bits per heavy atom. The van der Waals surface area contributed by atoms with Crippen LogP contribution in [0.5, 0.6) is 0 Å². The van der Waals surface area contributed by atoms with Crippen LogP contribution < -0.4 is 10.2 Å². The molecule has 3 aromatic heterocycles. The monoisotopic (exact) mass is 503 g/mol. The Morgan fingerprint density at radius 3 is 2.75 bits per heavy atom. The number of hydrogen-bond acceptors (Lipinski definition) is 7. The van der Waals surface area contributed by atoms with Crippen molar-refractivity contribution in [3.05, 3.63) is 60.7 Å². The highest BCUT2D eigenvalue weighted by molar-refractivity contribution is 6.76. The number of rotatable bonds is 11. The molecule has 1 atom stereocenters. The smallest absolute Gasteiger partial charge is 0.167 e. The number of hydrogen-bond donors (Lipinski definition) is 1. The van der Waals surface area contributed by atoms with E-state index in [2.05, 4.69) is 89.5 Å². The van der Waals surface area contributed by atoms with Crippen LogP contribution in [0.4, 0.5) is 11.6 Å². The van der Waals surface area contributed by atoms with Gasteiger partial charge >= 0.3 is 0 Å². The molecule has 0 unspecified atom stereocenters. The van der Waals surface area contributed by atoms with Crippen LogP contribution in [0, 0.1) is 6.92 Å². The summed E-state index contributed by atoms with van der Waals surface area (Å²) in [6.07, 6.45) is 5.23. The molecule has 0 bridgehead atoms. The van der Waals surface area contributed by atoms with Crippen LogP contribution in [-0.2, 0) is 11.5 Å². The van der Waals surface area contributed by atoms with Gasteiger partial charge in [-0.3, -0.25) is 4.57 Å². The largest absolute Gasteiger partial charge is 0.361 e. The molecule has 36 heavy (non-hydrogen) atoms. The van der Waals surface area contributed by atoms with Crippen LogP contribution in [0.3, 0.4) is 0 Å². The highest BCUT2D eigenvalue weighted by Gasteiger charge is 2.20. The zero-order chi connectivity index (χ0) is 25.9. The van der Waals surface area contributed by atoms with Gasteiger partial charge in [-0.1, -0.05) is 43.9 Å². The molecule has 4 aromatic rings. The average molecular weight is 504 g/mol. The Balaban J connectivity index is 1.61. The van der Waals surface area contributed by atoms with Crippen molar-refractivity contribution >= 4 is 41.8 Å². The van der Waals surface area contributed by atoms with Crippen LogP contribution in [0.15, 0.2) is 49.6 Å². The molecule has 0 fully saturated rings. The Morgan fingerprint density at radius 1 is 1.19 bits per heavy atom. The molecule has 0 radical (unpaired) electrons. The summed E-state index contributed by atoms with van der Waals surface area (Å²) in [4.78, 5) is 20.8. The third-order valence-electron chi connectivity index (χ3n) is 6.27. The van der Waals surface area contributed by atoms with Crippen molar-refractivity contribution in [2.75, 3.05) is 30.4 Å². The molecule has 3 heterocycles. The number of aryl methyl sites for hydroxylation is 1. The van der Waals surface area contributed by atoms with Gasteiger partial charge in [0, 0.05) is 39.2 Å². The lowest BCUT2D eigenvalue weighted by molar-refractivity contribution is 0.0895. The van der Waals surface area contributed by atoms with E-state index in [-0.39, 0.29) is 6.04 Å². The Bertz CT molecular complexity index is 1360. The molecule has 0 spiro atoms. The van der Waals surface area contributed by atoms with Crippen molar-refractivity contribution in [2.24, 2.45) is 0 Å². The summed E-state index contributed by atoms with van der Waals surface area (Å²) >= 11 is 0. The first-order chi connectivity index (χ1) is 17.2. The summed E-state index contributed by atoms with van der Waals surface area (Å²) in [5.41, 5.74) is 4.73. The van der Waals surface area contributed by atoms with E-state index in [1.165, 1.54) is 0 Å². The van der Waals surface area contributed by atoms with Crippen LogP contribution in [0.2, 0.25) is 25.7 Å². The molecule has 4 rings (SSSR count). The van der Waals surface area contributed by atoms with Crippen molar-refractivity contribution in [1.82, 2.24) is 24.5 Å². The van der Waals surface area contributed by atoms with E-state index >= 15 is 0 Å². The fourth-order valence-electron chi connectivity index (χ4n) is 4.16. The third kappa shape index (κ3) is 5.74. The molecule has 0 saturated carbocycles. The minimum absolute atomic E-state index is 0.0686. The maximum Gasteiger partial charge on any atom is 0.167 e. The number of likely N-dealkylation sites (N-methyl/N-ethyl adjacent to an activating group) is 1. The summed E-state index contributed by atoms with van der Waals surface area (Å²) in [7, 11) is 0.908. The number of ether oxygens (including phenoxy) is 1. The summed E-state index contributed by atoms with van der Waals surface area (Å²) < 4.78 is 7.85. The predicted molar refractivity (Wildman–Crippen MR) is 151 cm³/mol. The van der Waals surface area contributed by atoms with E-state index in [0.29, 0.717) is 19.1 Å². The van der Waals surface area contributed by atoms with Crippen LogP contribution in [0.25, 0.3) is 22.1 Å². The molecule has 0 aliphatic heterocycles. The van der Waals surface area contributed by atoms with Gasteiger partial charge < -0.3 is 15.0 Å². The van der Waals surface area contributed by atoms with E-state index in [0.717, 1.165) is 51.7 Å². The fourth-order valence-corrected chi connectivity index (χ4v) is 4.92. The Kier molecular flexibility index (Phi) is 7.70. The predicted octanol–water partition coefficient (Wildman–Crippen LogP) is 5.79. The zero-order valence-corrected chi connectivity index (χ0v) is 23.2. The Labute approximate surface area is 214 Å². The number of anilines is 2. The number of nitrogens with one attached hydrogen (secondary N) is 1. The lowest BCUT2D eigenvalue weighted by atomic mass is 10.0. The lowest BCUT2D eigenvalue weighted by Crippen LogP contribution is -2.22. The van der Waals surface area contributed by atoms with Crippen LogP contribution in [0.1, 0.15) is 24.1 Å². The summed E-state index contributed by atoms with van der Waals surface area (Å²) in [5.74, 6) is 1.61. The second-order valence-corrected chi connectivity index (χ2v) is 16.2. The minimum atomic E-state index is -1.13. The first-order valence-electron chi connectivity index (χ1n) is 12.4. The number of para-hydroxylation sites is 1. The molecule has 0 saturated heterocycles. The molecule has 190 valence electrons. The SMILES string of the molecule is C=CCN(C)c1nc2c(C)cccc2cc1[C@H](C)Nc1ncnc2c1ncn2COCC[Si](C)(C)C. The number of imidazole rings is 1. The van der Waals surface area contributed by atoms with Crippen molar-refractivity contribution in [2.45, 2.75) is 52.3 Å². The normalized spacial score (nSPS) is 12.7. The van der Waals surface area contributed by atoms with E-state index in [1.54, 1.807) is 12.7 Å². The quantitative estimate of drug-likeness (QED) is 0.158. The molecule has 0 amide bonds. The average Bonchev–Trinajstić information content (AvgIpc) is 3.25. The summed E-state index contributed by atoms with van der Waals surface area (Å²) in [5, 5.41) is 4.68. The van der Waals surface area contributed by atoms with Gasteiger partial charge in [-0.2, -0.15) is 0 Å². The first-order valence-corrected chi connectivity index (χ1v) is 16.1. The van der Waals surface area contributed by atoms with Crippen LogP contribution in [-0.4, -0.2) is 52.8 Å². The third-order valence-corrected chi connectivity index (χ3v) is 7.97. The summed E-state index contributed by atoms with van der Waals surface area (Å²) in [6, 6.07) is 9.54. The van der Waals surface area contributed by atoms with E-state index in [9.17, 15) is 0 Å². The van der Waals surface area contributed by atoms with Gasteiger partial charge in [0.05, 0.1) is 17.9 Å². The highest BCUT2D eigenvalue weighted by atomic mass is 28.3. The minimum Gasteiger partial charge on any atom is -0.361 e. The van der Waals surface area contributed by atoms with Gasteiger partial charge in [0.15, 0.2) is 17.0 Å². The topological polar surface area (TPSA) is 81.0 Å². The second-order valence-electron chi connectivity index (χ2n) is 10.5. The number of benzene rings is 1. The van der Waals surface area contributed by atoms with E-state index < -0.39 is 8.07 Å². The van der Waals surface area contributed by atoms with Crippen molar-refractivity contribution in [3.8, 4) is 0 Å². The molecule has 8 nitrogen and oxygen atoms in total. The molecule has 9 heteroatoms. The molecule has 0 aliphatic carbocycles. The second kappa shape index (κ2) is 10.8. The van der Waals surface area contributed by atoms with Gasteiger partial charge in [-0.25, -0.2) is 19.9 Å². The van der Waals surface area contributed by atoms with Gasteiger partial charge in [0.2, 0.25) is 0 Å². The van der Waals surface area contributed by atoms with E-state index in [4.69, 9.17) is 9.72 Å². The maximum absolute atomic E-state index is 5.92. The maximum atomic E-state index is 5.92. The van der Waals surface area contributed by atoms with Crippen LogP contribution >= 0.6 is 0 Å². The number of aromatic nitrogens is 5. The van der Waals surface area contributed by atoms with Crippen molar-refractivity contribution in [3.63, 3.8) is 0 Å². The molecule has 0 aliphatic rings. The first kappa shape index (κ1) is 25.8. The molecule has 1 N–H and O–H groups in total. The van der Waals surface area contributed by atoms with Crippen molar-refractivity contribution in [1.29, 1.82) is 0 Å². The number of fused-ring (bicyclic) bond motifs is 2. The van der Waals surface area contributed by atoms with Gasteiger partial charge in [0.25, 0.3) is 0 Å². The zero-order valence-electron chi connectivity index (χ0n) is 22.2. The lowest BCUT2D eigenvalue weighted by Gasteiger charge is -2.25. The van der Waals surface area contributed by atoms with Crippen molar-refractivity contribution < 1.29 is 4.74 Å². The van der Waals surface area contributed by atoms with Gasteiger partial charge in [0.1, 0.15) is 18.9 Å². The molecular formula is C27H37N7OSi. The Hall–Kier alpha value is -3.30.